The van der Waals surface area contributed by atoms with E-state index in [1.165, 1.54) is 13.2 Å². The Morgan fingerprint density at radius 3 is 2.59 bits per heavy atom. The Morgan fingerprint density at radius 1 is 1.53 bits per heavy atom. The first kappa shape index (κ1) is 14.0. The summed E-state index contributed by atoms with van der Waals surface area (Å²) in [5, 5.41) is 9.06. The average Bonchev–Trinajstić information content (AvgIpc) is 2.23. The van der Waals surface area contributed by atoms with Crippen LogP contribution in [0.2, 0.25) is 0 Å². The van der Waals surface area contributed by atoms with E-state index in [0.29, 0.717) is 11.3 Å². The molecule has 0 bridgehead atoms. The van der Waals surface area contributed by atoms with E-state index in [2.05, 4.69) is 15.9 Å². The summed E-state index contributed by atoms with van der Waals surface area (Å²) >= 11 is 3.09. The van der Waals surface area contributed by atoms with Gasteiger partial charge in [-0.2, -0.15) is 0 Å². The molecule has 0 saturated carbocycles. The lowest BCUT2D eigenvalue weighted by Gasteiger charge is -2.21. The zero-order valence-corrected chi connectivity index (χ0v) is 11.5. The molecule has 17 heavy (non-hydrogen) atoms. The Bertz CT molecular complexity index is 444. The molecule has 0 aromatic heterocycles. The van der Waals surface area contributed by atoms with Crippen LogP contribution in [0.1, 0.15) is 19.4 Å². The van der Waals surface area contributed by atoms with Crippen LogP contribution in [-0.4, -0.2) is 18.2 Å². The number of hydrogen-bond donors (Lipinski definition) is 1. The second-order valence-electron chi connectivity index (χ2n) is 4.42. The molecule has 0 aliphatic rings. The Morgan fingerprint density at radius 2 is 2.12 bits per heavy atom. The molecule has 0 aliphatic carbocycles. The summed E-state index contributed by atoms with van der Waals surface area (Å²) in [4.78, 5) is 11.1. The highest BCUT2D eigenvalue weighted by molar-refractivity contribution is 9.10. The molecule has 0 aliphatic heterocycles. The number of rotatable bonds is 4. The van der Waals surface area contributed by atoms with Crippen LogP contribution in [-0.2, 0) is 11.2 Å². The standard InChI is InChI=1S/C12H14BrFO3/c1-12(2,11(15)16)6-7-4-5-8(14)9(13)10(7)17-3/h4-5H,6H2,1-3H3,(H,15,16). The molecule has 5 heteroatoms. The van der Waals surface area contributed by atoms with E-state index in [1.54, 1.807) is 19.9 Å². The van der Waals surface area contributed by atoms with Crippen molar-refractivity contribution < 1.29 is 19.0 Å². The fourth-order valence-electron chi connectivity index (χ4n) is 1.48. The van der Waals surface area contributed by atoms with Gasteiger partial charge in [0.05, 0.1) is 17.0 Å². The number of methoxy groups -OCH3 is 1. The van der Waals surface area contributed by atoms with Gasteiger partial charge in [0.15, 0.2) is 0 Å². The molecular formula is C12H14BrFO3. The Labute approximate surface area is 108 Å². The second kappa shape index (κ2) is 5.04. The summed E-state index contributed by atoms with van der Waals surface area (Å²) in [6.45, 7) is 3.23. The number of halogens is 2. The van der Waals surface area contributed by atoms with Gasteiger partial charge in [0.1, 0.15) is 11.6 Å². The molecule has 0 spiro atoms. The molecule has 0 radical (unpaired) electrons. The Kier molecular flexibility index (Phi) is 4.14. The lowest BCUT2D eigenvalue weighted by molar-refractivity contribution is -0.146. The van der Waals surface area contributed by atoms with Crippen molar-refractivity contribution in [2.24, 2.45) is 5.41 Å². The highest BCUT2D eigenvalue weighted by Crippen LogP contribution is 2.35. The highest BCUT2D eigenvalue weighted by Gasteiger charge is 2.29. The number of carbonyl (C=O) groups is 1. The maximum atomic E-state index is 13.3. The van der Waals surface area contributed by atoms with E-state index in [0.717, 1.165) is 0 Å². The molecule has 1 N–H and O–H groups in total. The van der Waals surface area contributed by atoms with E-state index in [4.69, 9.17) is 9.84 Å². The fraction of sp³-hybridized carbons (Fsp3) is 0.417. The van der Waals surface area contributed by atoms with Crippen LogP contribution in [0.15, 0.2) is 16.6 Å². The fourth-order valence-corrected chi connectivity index (χ4v) is 2.03. The second-order valence-corrected chi connectivity index (χ2v) is 5.21. The molecular weight excluding hydrogens is 291 g/mol. The average molecular weight is 305 g/mol. The molecule has 0 fully saturated rings. The van der Waals surface area contributed by atoms with Gasteiger partial charge in [-0.25, -0.2) is 4.39 Å². The van der Waals surface area contributed by atoms with Gasteiger partial charge >= 0.3 is 5.97 Å². The van der Waals surface area contributed by atoms with Crippen molar-refractivity contribution in [3.8, 4) is 5.75 Å². The van der Waals surface area contributed by atoms with Crippen LogP contribution < -0.4 is 4.74 Å². The van der Waals surface area contributed by atoms with E-state index in [-0.39, 0.29) is 10.9 Å². The molecule has 1 aromatic rings. The number of carboxylic acids is 1. The zero-order valence-electron chi connectivity index (χ0n) is 9.88. The van der Waals surface area contributed by atoms with E-state index >= 15 is 0 Å². The summed E-state index contributed by atoms with van der Waals surface area (Å²) in [5.74, 6) is -0.988. The van der Waals surface area contributed by atoms with Gasteiger partial charge < -0.3 is 9.84 Å². The number of aliphatic carboxylic acids is 1. The van der Waals surface area contributed by atoms with Gasteiger partial charge in [-0.3, -0.25) is 4.79 Å². The molecule has 1 rings (SSSR count). The maximum absolute atomic E-state index is 13.3. The first-order valence-corrected chi connectivity index (χ1v) is 5.83. The molecule has 0 unspecified atom stereocenters. The zero-order chi connectivity index (χ0) is 13.2. The SMILES string of the molecule is COc1c(CC(C)(C)C(=O)O)ccc(F)c1Br. The topological polar surface area (TPSA) is 46.5 Å². The molecule has 0 heterocycles. The lowest BCUT2D eigenvalue weighted by Crippen LogP contribution is -2.26. The Hall–Kier alpha value is -1.10. The van der Waals surface area contributed by atoms with Crippen molar-refractivity contribution in [2.45, 2.75) is 20.3 Å². The molecule has 0 saturated heterocycles. The maximum Gasteiger partial charge on any atom is 0.309 e. The largest absolute Gasteiger partial charge is 0.495 e. The van der Waals surface area contributed by atoms with Gasteiger partial charge in [0.25, 0.3) is 0 Å². The number of benzene rings is 1. The summed E-state index contributed by atoms with van der Waals surface area (Å²) in [6, 6.07) is 2.84. The predicted molar refractivity (Wildman–Crippen MR) is 65.8 cm³/mol. The van der Waals surface area contributed by atoms with Crippen molar-refractivity contribution in [1.29, 1.82) is 0 Å². The van der Waals surface area contributed by atoms with E-state index < -0.39 is 17.2 Å². The van der Waals surface area contributed by atoms with E-state index in [1.807, 2.05) is 0 Å². The van der Waals surface area contributed by atoms with Gasteiger partial charge in [-0.15, -0.1) is 0 Å². The van der Waals surface area contributed by atoms with Crippen molar-refractivity contribution >= 4 is 21.9 Å². The van der Waals surface area contributed by atoms with E-state index in [9.17, 15) is 9.18 Å². The number of carboxylic acid groups (broad SMARTS) is 1. The van der Waals surface area contributed by atoms with Gasteiger partial charge in [-0.05, 0) is 47.8 Å². The van der Waals surface area contributed by atoms with Crippen molar-refractivity contribution in [3.05, 3.63) is 28.0 Å². The third kappa shape index (κ3) is 2.97. The molecule has 1 aromatic carbocycles. The predicted octanol–water partition coefficient (Wildman–Crippen LogP) is 3.25. The van der Waals surface area contributed by atoms with Gasteiger partial charge in [-0.1, -0.05) is 6.07 Å². The summed E-state index contributed by atoms with van der Waals surface area (Å²) in [5.41, 5.74) is -0.266. The van der Waals surface area contributed by atoms with Crippen molar-refractivity contribution in [2.75, 3.05) is 7.11 Å². The van der Waals surface area contributed by atoms with Gasteiger partial charge in [0, 0.05) is 0 Å². The monoisotopic (exact) mass is 304 g/mol. The quantitative estimate of drug-likeness (QED) is 0.929. The van der Waals surface area contributed by atoms with Crippen LogP contribution in [0.25, 0.3) is 0 Å². The minimum absolute atomic E-state index is 0.221. The highest BCUT2D eigenvalue weighted by atomic mass is 79.9. The van der Waals surface area contributed by atoms with Crippen LogP contribution in [0.4, 0.5) is 4.39 Å². The van der Waals surface area contributed by atoms with Crippen LogP contribution >= 0.6 is 15.9 Å². The molecule has 0 atom stereocenters. The summed E-state index contributed by atoms with van der Waals surface area (Å²) in [6.07, 6.45) is 0.268. The normalized spacial score (nSPS) is 11.4. The summed E-state index contributed by atoms with van der Waals surface area (Å²) in [7, 11) is 1.43. The van der Waals surface area contributed by atoms with Crippen molar-refractivity contribution in [3.63, 3.8) is 0 Å². The molecule has 0 amide bonds. The van der Waals surface area contributed by atoms with Crippen LogP contribution in [0.3, 0.4) is 0 Å². The minimum atomic E-state index is -0.926. The third-order valence-corrected chi connectivity index (χ3v) is 3.29. The lowest BCUT2D eigenvalue weighted by atomic mass is 9.85. The third-order valence-electron chi connectivity index (χ3n) is 2.55. The minimum Gasteiger partial charge on any atom is -0.495 e. The smallest absolute Gasteiger partial charge is 0.309 e. The summed E-state index contributed by atoms with van der Waals surface area (Å²) < 4.78 is 18.6. The van der Waals surface area contributed by atoms with Crippen molar-refractivity contribution in [1.82, 2.24) is 0 Å². The van der Waals surface area contributed by atoms with Crippen LogP contribution in [0.5, 0.6) is 5.75 Å². The van der Waals surface area contributed by atoms with Crippen LogP contribution in [0, 0.1) is 11.2 Å². The number of ether oxygens (including phenoxy) is 1. The van der Waals surface area contributed by atoms with Gasteiger partial charge in [0.2, 0.25) is 0 Å². The molecule has 3 nitrogen and oxygen atoms in total. The first-order chi connectivity index (χ1) is 7.79. The first-order valence-electron chi connectivity index (χ1n) is 5.04. The Balaban J connectivity index is 3.16. The number of hydrogen-bond acceptors (Lipinski definition) is 2. The molecule has 94 valence electrons.